The van der Waals surface area contributed by atoms with Gasteiger partial charge in [-0.1, -0.05) is 5.16 Å². The Kier molecular flexibility index (Phi) is 4.12. The standard InChI is InChI=1S/C9H15N3O2/c1-7-8(6-14-12-7)5-9(13)11-4-2-3-10/h6H,2-5,10H2,1H3,(H,11,13). The molecule has 3 N–H and O–H groups in total. The fraction of sp³-hybridized carbons (Fsp3) is 0.556. The molecule has 0 atom stereocenters. The Morgan fingerprint density at radius 2 is 2.50 bits per heavy atom. The molecule has 1 rings (SSSR count). The van der Waals surface area contributed by atoms with Crippen molar-refractivity contribution in [3.8, 4) is 0 Å². The minimum Gasteiger partial charge on any atom is -0.364 e. The average molecular weight is 197 g/mol. The van der Waals surface area contributed by atoms with Crippen LogP contribution in [0.25, 0.3) is 0 Å². The van der Waals surface area contributed by atoms with E-state index in [1.807, 2.05) is 6.92 Å². The zero-order valence-corrected chi connectivity index (χ0v) is 8.25. The number of rotatable bonds is 5. The molecule has 1 amide bonds. The molecule has 5 heteroatoms. The Morgan fingerprint density at radius 3 is 3.07 bits per heavy atom. The predicted octanol–water partition coefficient (Wildman–Crippen LogP) is -0.00948. The molecule has 1 heterocycles. The van der Waals surface area contributed by atoms with Crippen molar-refractivity contribution < 1.29 is 9.32 Å². The molecule has 0 spiro atoms. The van der Waals surface area contributed by atoms with E-state index in [-0.39, 0.29) is 5.91 Å². The molecule has 0 unspecified atom stereocenters. The summed E-state index contributed by atoms with van der Waals surface area (Å²) < 4.78 is 4.72. The van der Waals surface area contributed by atoms with Gasteiger partial charge >= 0.3 is 0 Å². The van der Waals surface area contributed by atoms with Crippen molar-refractivity contribution in [2.75, 3.05) is 13.1 Å². The molecular formula is C9H15N3O2. The molecule has 0 aromatic carbocycles. The number of carbonyl (C=O) groups excluding carboxylic acids is 1. The number of carbonyl (C=O) groups is 1. The summed E-state index contributed by atoms with van der Waals surface area (Å²) >= 11 is 0. The Hall–Kier alpha value is -1.36. The molecule has 0 aliphatic heterocycles. The van der Waals surface area contributed by atoms with Crippen LogP contribution in [0.4, 0.5) is 0 Å². The number of aromatic nitrogens is 1. The van der Waals surface area contributed by atoms with E-state index in [2.05, 4.69) is 10.5 Å². The van der Waals surface area contributed by atoms with Gasteiger partial charge in [0.15, 0.2) is 0 Å². The molecule has 0 fully saturated rings. The molecule has 0 aliphatic carbocycles. The van der Waals surface area contributed by atoms with Crippen LogP contribution in [0, 0.1) is 6.92 Å². The van der Waals surface area contributed by atoms with Crippen LogP contribution in [0.1, 0.15) is 17.7 Å². The second-order valence-corrected chi connectivity index (χ2v) is 3.09. The summed E-state index contributed by atoms with van der Waals surface area (Å²) in [5.74, 6) is -0.0234. The van der Waals surface area contributed by atoms with Gasteiger partial charge in [-0.05, 0) is 19.9 Å². The van der Waals surface area contributed by atoms with Crippen molar-refractivity contribution in [1.82, 2.24) is 10.5 Å². The van der Waals surface area contributed by atoms with Gasteiger partial charge in [0.25, 0.3) is 0 Å². The lowest BCUT2D eigenvalue weighted by molar-refractivity contribution is -0.120. The maximum atomic E-state index is 11.3. The lowest BCUT2D eigenvalue weighted by atomic mass is 10.2. The topological polar surface area (TPSA) is 81.2 Å². The van der Waals surface area contributed by atoms with Gasteiger partial charge < -0.3 is 15.6 Å². The minimum atomic E-state index is -0.0234. The third-order valence-electron chi connectivity index (χ3n) is 1.90. The van der Waals surface area contributed by atoms with Crippen LogP contribution >= 0.6 is 0 Å². The molecule has 0 bridgehead atoms. The van der Waals surface area contributed by atoms with Crippen LogP contribution < -0.4 is 11.1 Å². The summed E-state index contributed by atoms with van der Waals surface area (Å²) in [5, 5.41) is 6.45. The number of nitrogens with one attached hydrogen (secondary N) is 1. The molecule has 0 aliphatic rings. The first-order chi connectivity index (χ1) is 6.74. The molecule has 5 nitrogen and oxygen atoms in total. The van der Waals surface area contributed by atoms with Crippen LogP contribution in [0.2, 0.25) is 0 Å². The maximum absolute atomic E-state index is 11.3. The highest BCUT2D eigenvalue weighted by atomic mass is 16.5. The zero-order chi connectivity index (χ0) is 10.4. The minimum absolute atomic E-state index is 0.0234. The monoisotopic (exact) mass is 197 g/mol. The number of aryl methyl sites for hydroxylation is 1. The summed E-state index contributed by atoms with van der Waals surface area (Å²) in [7, 11) is 0. The second kappa shape index (κ2) is 5.39. The molecule has 0 saturated heterocycles. The molecule has 1 aromatic rings. The normalized spacial score (nSPS) is 10.1. The van der Waals surface area contributed by atoms with E-state index in [0.29, 0.717) is 19.5 Å². The summed E-state index contributed by atoms with van der Waals surface area (Å²) in [4.78, 5) is 11.3. The second-order valence-electron chi connectivity index (χ2n) is 3.09. The average Bonchev–Trinajstić information content (AvgIpc) is 2.52. The molecule has 78 valence electrons. The molecular weight excluding hydrogens is 182 g/mol. The number of hydrogen-bond acceptors (Lipinski definition) is 4. The van der Waals surface area contributed by atoms with Gasteiger partial charge in [0.1, 0.15) is 6.26 Å². The van der Waals surface area contributed by atoms with Crippen LogP contribution in [-0.4, -0.2) is 24.2 Å². The van der Waals surface area contributed by atoms with Crippen molar-refractivity contribution in [2.24, 2.45) is 5.73 Å². The van der Waals surface area contributed by atoms with Gasteiger partial charge in [0.2, 0.25) is 5.91 Å². The maximum Gasteiger partial charge on any atom is 0.224 e. The lowest BCUT2D eigenvalue weighted by Gasteiger charge is -2.02. The smallest absolute Gasteiger partial charge is 0.224 e. The highest BCUT2D eigenvalue weighted by Crippen LogP contribution is 2.05. The van der Waals surface area contributed by atoms with Crippen LogP contribution in [0.5, 0.6) is 0 Å². The van der Waals surface area contributed by atoms with E-state index in [4.69, 9.17) is 10.3 Å². The number of amides is 1. The third-order valence-corrected chi connectivity index (χ3v) is 1.90. The SMILES string of the molecule is Cc1nocc1CC(=O)NCCCN. The van der Waals surface area contributed by atoms with Crippen LogP contribution in [0.15, 0.2) is 10.8 Å². The van der Waals surface area contributed by atoms with Gasteiger partial charge in [-0.25, -0.2) is 0 Å². The fourth-order valence-corrected chi connectivity index (χ4v) is 1.05. The van der Waals surface area contributed by atoms with E-state index < -0.39 is 0 Å². The Balaban J connectivity index is 2.31. The van der Waals surface area contributed by atoms with Crippen molar-refractivity contribution >= 4 is 5.91 Å². The van der Waals surface area contributed by atoms with Gasteiger partial charge in [-0.15, -0.1) is 0 Å². The highest BCUT2D eigenvalue weighted by Gasteiger charge is 2.07. The van der Waals surface area contributed by atoms with E-state index in [1.165, 1.54) is 6.26 Å². The quantitative estimate of drug-likeness (QED) is 0.650. The Labute approximate surface area is 82.6 Å². The summed E-state index contributed by atoms with van der Waals surface area (Å²) in [6.07, 6.45) is 2.62. The summed E-state index contributed by atoms with van der Waals surface area (Å²) in [5.41, 5.74) is 6.89. The molecule has 0 radical (unpaired) electrons. The Morgan fingerprint density at radius 1 is 1.71 bits per heavy atom. The summed E-state index contributed by atoms with van der Waals surface area (Å²) in [6, 6.07) is 0. The zero-order valence-electron chi connectivity index (χ0n) is 8.25. The molecule has 1 aromatic heterocycles. The largest absolute Gasteiger partial charge is 0.364 e. The van der Waals surface area contributed by atoms with Crippen LogP contribution in [-0.2, 0) is 11.2 Å². The van der Waals surface area contributed by atoms with Crippen molar-refractivity contribution in [3.05, 3.63) is 17.5 Å². The number of hydrogen-bond donors (Lipinski definition) is 2. The first-order valence-corrected chi connectivity index (χ1v) is 4.60. The highest BCUT2D eigenvalue weighted by molar-refractivity contribution is 5.78. The van der Waals surface area contributed by atoms with Crippen molar-refractivity contribution in [2.45, 2.75) is 19.8 Å². The van der Waals surface area contributed by atoms with E-state index in [0.717, 1.165) is 17.7 Å². The van der Waals surface area contributed by atoms with Crippen molar-refractivity contribution in [3.63, 3.8) is 0 Å². The first kappa shape index (κ1) is 10.7. The van der Waals surface area contributed by atoms with E-state index in [9.17, 15) is 4.79 Å². The van der Waals surface area contributed by atoms with Gasteiger partial charge in [-0.2, -0.15) is 0 Å². The lowest BCUT2D eigenvalue weighted by Crippen LogP contribution is -2.27. The molecule has 14 heavy (non-hydrogen) atoms. The first-order valence-electron chi connectivity index (χ1n) is 4.60. The third kappa shape index (κ3) is 3.18. The van der Waals surface area contributed by atoms with E-state index in [1.54, 1.807) is 0 Å². The van der Waals surface area contributed by atoms with Gasteiger partial charge in [0, 0.05) is 12.1 Å². The van der Waals surface area contributed by atoms with E-state index >= 15 is 0 Å². The molecule has 0 saturated carbocycles. The number of nitrogens with zero attached hydrogens (tertiary/aromatic N) is 1. The summed E-state index contributed by atoms with van der Waals surface area (Å²) in [6.45, 7) is 3.03. The predicted molar refractivity (Wildman–Crippen MR) is 51.6 cm³/mol. The van der Waals surface area contributed by atoms with Gasteiger partial charge in [0.05, 0.1) is 12.1 Å². The Bertz CT molecular complexity index is 296. The van der Waals surface area contributed by atoms with Crippen LogP contribution in [0.3, 0.4) is 0 Å². The van der Waals surface area contributed by atoms with Gasteiger partial charge in [-0.3, -0.25) is 4.79 Å². The number of nitrogens with two attached hydrogens (primary N) is 1. The van der Waals surface area contributed by atoms with Crippen molar-refractivity contribution in [1.29, 1.82) is 0 Å². The fourth-order valence-electron chi connectivity index (χ4n) is 1.05.